The minimum Gasteiger partial charge on any atom is -0.492 e. The molecule has 1 aromatic heterocycles. The Bertz CT molecular complexity index is 776. The fourth-order valence-corrected chi connectivity index (χ4v) is 2.38. The standard InChI is InChI=1S/C17H19F4N3O3/c1-23(9-10-27-13-5-3-12(18)4-6-13)14(25)11-16(26,17(19,20)21)15-22-7-8-24(15)2/h3-8,26H,9-11H2,1-2H3. The number of hydrogen-bond donors (Lipinski definition) is 1. The van der Waals surface area contributed by atoms with E-state index in [1.165, 1.54) is 44.6 Å². The fourth-order valence-electron chi connectivity index (χ4n) is 2.38. The van der Waals surface area contributed by atoms with Crippen molar-refractivity contribution in [2.24, 2.45) is 7.05 Å². The number of aryl methyl sites for hydroxylation is 1. The number of likely N-dealkylation sites (N-methyl/N-ethyl adjacent to an activating group) is 1. The molecule has 2 aromatic rings. The van der Waals surface area contributed by atoms with E-state index in [1.807, 2.05) is 0 Å². The zero-order valence-electron chi connectivity index (χ0n) is 14.7. The Kier molecular flexibility index (Phi) is 6.09. The monoisotopic (exact) mass is 389 g/mol. The summed E-state index contributed by atoms with van der Waals surface area (Å²) in [7, 11) is 2.59. The van der Waals surface area contributed by atoms with Crippen LogP contribution in [-0.2, 0) is 17.4 Å². The molecule has 0 aliphatic heterocycles. The minimum absolute atomic E-state index is 0.0132. The van der Waals surface area contributed by atoms with Gasteiger partial charge in [-0.2, -0.15) is 13.2 Å². The predicted octanol–water partition coefficient (Wildman–Crippen LogP) is 2.24. The van der Waals surface area contributed by atoms with Crippen LogP contribution >= 0.6 is 0 Å². The third-order valence-corrected chi connectivity index (χ3v) is 4.00. The second kappa shape index (κ2) is 7.95. The van der Waals surface area contributed by atoms with Crippen LogP contribution < -0.4 is 4.74 Å². The number of imidazole rings is 1. The number of nitrogens with zero attached hydrogens (tertiary/aromatic N) is 3. The van der Waals surface area contributed by atoms with Gasteiger partial charge in [0.25, 0.3) is 0 Å². The number of amides is 1. The maximum absolute atomic E-state index is 13.4. The number of aromatic nitrogens is 2. The average Bonchev–Trinajstić information content (AvgIpc) is 3.02. The molecule has 0 radical (unpaired) electrons. The van der Waals surface area contributed by atoms with E-state index in [2.05, 4.69) is 4.98 Å². The average molecular weight is 389 g/mol. The molecule has 1 heterocycles. The first kappa shape index (κ1) is 20.7. The summed E-state index contributed by atoms with van der Waals surface area (Å²) < 4.78 is 59.5. The van der Waals surface area contributed by atoms with Crippen LogP contribution in [-0.4, -0.2) is 51.8 Å². The number of carbonyl (C=O) groups is 1. The molecule has 0 bridgehead atoms. The largest absolute Gasteiger partial charge is 0.492 e. The Labute approximate surface area is 153 Å². The molecule has 1 unspecified atom stereocenters. The molecule has 10 heteroatoms. The van der Waals surface area contributed by atoms with Crippen LogP contribution in [0.15, 0.2) is 36.7 Å². The molecule has 0 aliphatic rings. The highest BCUT2D eigenvalue weighted by Crippen LogP contribution is 2.41. The van der Waals surface area contributed by atoms with Gasteiger partial charge in [0, 0.05) is 26.5 Å². The van der Waals surface area contributed by atoms with Crippen LogP contribution in [0.5, 0.6) is 5.75 Å². The Hall–Kier alpha value is -2.62. The zero-order chi connectivity index (χ0) is 20.2. The van der Waals surface area contributed by atoms with Crippen LogP contribution in [0.1, 0.15) is 12.2 Å². The first-order chi connectivity index (χ1) is 12.5. The van der Waals surface area contributed by atoms with E-state index < -0.39 is 35.7 Å². The molecule has 0 aliphatic carbocycles. The number of benzene rings is 1. The van der Waals surface area contributed by atoms with E-state index in [0.29, 0.717) is 5.75 Å². The zero-order valence-corrected chi connectivity index (χ0v) is 14.7. The van der Waals surface area contributed by atoms with Gasteiger partial charge in [0.05, 0.1) is 13.0 Å². The summed E-state index contributed by atoms with van der Waals surface area (Å²) in [5, 5.41) is 10.2. The first-order valence-corrected chi connectivity index (χ1v) is 7.94. The third-order valence-electron chi connectivity index (χ3n) is 4.00. The summed E-state index contributed by atoms with van der Waals surface area (Å²) in [6, 6.07) is 5.17. The van der Waals surface area contributed by atoms with Gasteiger partial charge in [-0.3, -0.25) is 4.79 Å². The molecule has 148 valence electrons. The number of rotatable bonds is 7. The molecule has 1 N–H and O–H groups in total. The summed E-state index contributed by atoms with van der Waals surface area (Å²) in [6.07, 6.45) is -3.95. The highest BCUT2D eigenvalue weighted by molar-refractivity contribution is 5.77. The van der Waals surface area contributed by atoms with Gasteiger partial charge in [0.15, 0.2) is 5.82 Å². The lowest BCUT2D eigenvalue weighted by atomic mass is 9.97. The van der Waals surface area contributed by atoms with Gasteiger partial charge in [-0.25, -0.2) is 9.37 Å². The van der Waals surface area contributed by atoms with Crippen molar-refractivity contribution in [1.29, 1.82) is 0 Å². The lowest BCUT2D eigenvalue weighted by Crippen LogP contribution is -2.48. The number of aliphatic hydroxyl groups is 1. The van der Waals surface area contributed by atoms with Crippen molar-refractivity contribution >= 4 is 5.91 Å². The first-order valence-electron chi connectivity index (χ1n) is 7.94. The molecular formula is C17H19F4N3O3. The van der Waals surface area contributed by atoms with Crippen LogP contribution in [0.3, 0.4) is 0 Å². The topological polar surface area (TPSA) is 67.6 Å². The molecule has 0 saturated carbocycles. The van der Waals surface area contributed by atoms with E-state index >= 15 is 0 Å². The van der Waals surface area contributed by atoms with Gasteiger partial charge in [-0.15, -0.1) is 0 Å². The van der Waals surface area contributed by atoms with Crippen molar-refractivity contribution in [2.45, 2.75) is 18.2 Å². The summed E-state index contributed by atoms with van der Waals surface area (Å²) in [4.78, 5) is 16.8. The molecule has 1 amide bonds. The van der Waals surface area contributed by atoms with E-state index in [-0.39, 0.29) is 13.2 Å². The summed E-state index contributed by atoms with van der Waals surface area (Å²) >= 11 is 0. The minimum atomic E-state index is -5.09. The van der Waals surface area contributed by atoms with E-state index in [0.717, 1.165) is 15.7 Å². The molecule has 27 heavy (non-hydrogen) atoms. The van der Waals surface area contributed by atoms with Gasteiger partial charge < -0.3 is 19.3 Å². The van der Waals surface area contributed by atoms with Gasteiger partial charge in [-0.05, 0) is 24.3 Å². The van der Waals surface area contributed by atoms with Crippen LogP contribution in [0.25, 0.3) is 0 Å². The van der Waals surface area contributed by atoms with Crippen LogP contribution in [0.2, 0.25) is 0 Å². The second-order valence-corrected chi connectivity index (χ2v) is 6.01. The summed E-state index contributed by atoms with van der Waals surface area (Å²) in [6.45, 7) is -0.0363. The van der Waals surface area contributed by atoms with Crippen molar-refractivity contribution in [2.75, 3.05) is 20.2 Å². The Balaban J connectivity index is 2.00. The highest BCUT2D eigenvalue weighted by atomic mass is 19.4. The summed E-state index contributed by atoms with van der Waals surface area (Å²) in [5.74, 6) is -1.67. The molecule has 1 atom stereocenters. The molecule has 0 fully saturated rings. The van der Waals surface area contributed by atoms with Gasteiger partial charge in [0.1, 0.15) is 18.2 Å². The number of hydrogen-bond acceptors (Lipinski definition) is 4. The van der Waals surface area contributed by atoms with E-state index in [1.54, 1.807) is 0 Å². The summed E-state index contributed by atoms with van der Waals surface area (Å²) in [5.41, 5.74) is -3.41. The number of halogens is 4. The molecule has 0 spiro atoms. The Morgan fingerprint density at radius 1 is 1.30 bits per heavy atom. The quantitative estimate of drug-likeness (QED) is 0.738. The third kappa shape index (κ3) is 4.76. The second-order valence-electron chi connectivity index (χ2n) is 6.01. The molecular weight excluding hydrogens is 370 g/mol. The van der Waals surface area contributed by atoms with Gasteiger partial charge in [-0.1, -0.05) is 0 Å². The van der Waals surface area contributed by atoms with Crippen molar-refractivity contribution in [3.8, 4) is 5.75 Å². The molecule has 0 saturated heterocycles. The number of ether oxygens (including phenoxy) is 1. The van der Waals surface area contributed by atoms with Crippen molar-refractivity contribution in [3.05, 3.63) is 48.3 Å². The Morgan fingerprint density at radius 2 is 1.93 bits per heavy atom. The number of carbonyl (C=O) groups excluding carboxylic acids is 1. The molecule has 6 nitrogen and oxygen atoms in total. The van der Waals surface area contributed by atoms with E-state index in [4.69, 9.17) is 4.74 Å². The van der Waals surface area contributed by atoms with Gasteiger partial charge >= 0.3 is 6.18 Å². The predicted molar refractivity (Wildman–Crippen MR) is 87.3 cm³/mol. The maximum atomic E-state index is 13.4. The smallest absolute Gasteiger partial charge is 0.425 e. The van der Waals surface area contributed by atoms with Crippen molar-refractivity contribution in [1.82, 2.24) is 14.5 Å². The lowest BCUT2D eigenvalue weighted by molar-refractivity contribution is -0.271. The van der Waals surface area contributed by atoms with Crippen molar-refractivity contribution < 1.29 is 32.2 Å². The molecule has 1 aromatic carbocycles. The SMILES string of the molecule is CN(CCOc1ccc(F)cc1)C(=O)CC(O)(c1nccn1C)C(F)(F)F. The number of alkyl halides is 3. The fraction of sp³-hybridized carbons (Fsp3) is 0.412. The van der Waals surface area contributed by atoms with E-state index in [9.17, 15) is 27.5 Å². The van der Waals surface area contributed by atoms with Crippen LogP contribution in [0, 0.1) is 5.82 Å². The van der Waals surface area contributed by atoms with Crippen LogP contribution in [0.4, 0.5) is 17.6 Å². The van der Waals surface area contributed by atoms with Crippen molar-refractivity contribution in [3.63, 3.8) is 0 Å². The molecule has 2 rings (SSSR count). The maximum Gasteiger partial charge on any atom is 0.425 e. The Morgan fingerprint density at radius 3 is 2.44 bits per heavy atom. The highest BCUT2D eigenvalue weighted by Gasteiger charge is 2.58. The lowest BCUT2D eigenvalue weighted by Gasteiger charge is -2.31. The van der Waals surface area contributed by atoms with Gasteiger partial charge in [0.2, 0.25) is 11.5 Å². The normalized spacial score (nSPS) is 13.9.